The highest BCUT2D eigenvalue weighted by Gasteiger charge is 2.28. The number of nitrogens with two attached hydrogens (primary N) is 1. The molecule has 0 aliphatic carbocycles. The normalized spacial score (nSPS) is 23.5. The first-order valence-electron chi connectivity index (χ1n) is 6.52. The molecule has 2 N–H and O–H groups in total. The maximum absolute atomic E-state index is 13.2. The fourth-order valence-corrected chi connectivity index (χ4v) is 2.86. The van der Waals surface area contributed by atoms with Gasteiger partial charge in [-0.15, -0.1) is 0 Å². The number of rotatable bonds is 2. The molecule has 0 bridgehead atoms. The summed E-state index contributed by atoms with van der Waals surface area (Å²) in [4.78, 5) is 14.2. The number of hydrogen-bond acceptors (Lipinski definition) is 2. The number of likely N-dealkylation sites (tertiary alicyclic amines) is 1. The monoisotopic (exact) mass is 328 g/mol. The lowest BCUT2D eigenvalue weighted by Gasteiger charge is -2.36. The van der Waals surface area contributed by atoms with Gasteiger partial charge in [0.2, 0.25) is 0 Å². The van der Waals surface area contributed by atoms with Crippen molar-refractivity contribution in [1.29, 1.82) is 0 Å². The van der Waals surface area contributed by atoms with Crippen molar-refractivity contribution in [1.82, 2.24) is 4.90 Å². The van der Waals surface area contributed by atoms with Crippen molar-refractivity contribution in [2.24, 2.45) is 11.7 Å². The largest absolute Gasteiger partial charge is 0.338 e. The van der Waals surface area contributed by atoms with Crippen LogP contribution in [-0.2, 0) is 0 Å². The van der Waals surface area contributed by atoms with Crippen molar-refractivity contribution in [2.45, 2.75) is 25.8 Å². The van der Waals surface area contributed by atoms with Gasteiger partial charge in [0.25, 0.3) is 5.91 Å². The fourth-order valence-electron chi connectivity index (χ4n) is 2.48. The van der Waals surface area contributed by atoms with Gasteiger partial charge in [-0.3, -0.25) is 4.79 Å². The van der Waals surface area contributed by atoms with Gasteiger partial charge < -0.3 is 10.6 Å². The van der Waals surface area contributed by atoms with Crippen molar-refractivity contribution in [3.05, 3.63) is 34.1 Å². The predicted molar refractivity (Wildman–Crippen MR) is 76.4 cm³/mol. The molecule has 19 heavy (non-hydrogen) atoms. The second kappa shape index (κ2) is 6.01. The van der Waals surface area contributed by atoms with Crippen LogP contribution in [0.25, 0.3) is 0 Å². The van der Waals surface area contributed by atoms with Crippen LogP contribution >= 0.6 is 15.9 Å². The van der Waals surface area contributed by atoms with Gasteiger partial charge in [-0.1, -0.05) is 13.3 Å². The smallest absolute Gasteiger partial charge is 0.253 e. The summed E-state index contributed by atoms with van der Waals surface area (Å²) in [5.41, 5.74) is 6.55. The summed E-state index contributed by atoms with van der Waals surface area (Å²) in [6, 6.07) is 4.55. The van der Waals surface area contributed by atoms with Gasteiger partial charge in [0.1, 0.15) is 5.82 Å². The second-order valence-electron chi connectivity index (χ2n) is 5.00. The Morgan fingerprint density at radius 1 is 1.58 bits per heavy atom. The van der Waals surface area contributed by atoms with Crippen LogP contribution in [-0.4, -0.2) is 29.9 Å². The highest BCUT2D eigenvalue weighted by atomic mass is 79.9. The fraction of sp³-hybridized carbons (Fsp3) is 0.500. The molecule has 1 fully saturated rings. The third kappa shape index (κ3) is 3.15. The summed E-state index contributed by atoms with van der Waals surface area (Å²) in [7, 11) is 0. The van der Waals surface area contributed by atoms with Crippen LogP contribution in [0.1, 0.15) is 30.1 Å². The van der Waals surface area contributed by atoms with E-state index in [1.807, 2.05) is 4.90 Å². The Kier molecular flexibility index (Phi) is 4.58. The van der Waals surface area contributed by atoms with Gasteiger partial charge in [-0.2, -0.15) is 0 Å². The van der Waals surface area contributed by atoms with Crippen LogP contribution in [0.2, 0.25) is 0 Å². The molecule has 104 valence electrons. The quantitative estimate of drug-likeness (QED) is 0.907. The molecule has 2 rings (SSSR count). The summed E-state index contributed by atoms with van der Waals surface area (Å²) in [6.07, 6.45) is 1.80. The standard InChI is InChI=1S/C14H18BrFN2O/c1-2-9-8-18(6-5-13(9)17)14(19)10-3-4-12(16)11(15)7-10/h3-4,7,9,13H,2,5-6,8,17H2,1H3. The molecule has 2 atom stereocenters. The molecule has 1 aliphatic heterocycles. The Bertz CT molecular complexity index is 481. The lowest BCUT2D eigenvalue weighted by atomic mass is 9.90. The van der Waals surface area contributed by atoms with Crippen molar-refractivity contribution in [3.63, 3.8) is 0 Å². The minimum atomic E-state index is -0.358. The van der Waals surface area contributed by atoms with Gasteiger partial charge in [0.05, 0.1) is 4.47 Å². The molecule has 1 aromatic rings. The maximum Gasteiger partial charge on any atom is 0.253 e. The van der Waals surface area contributed by atoms with Gasteiger partial charge in [-0.05, 0) is 46.5 Å². The van der Waals surface area contributed by atoms with E-state index < -0.39 is 0 Å². The van der Waals surface area contributed by atoms with Crippen molar-refractivity contribution in [2.75, 3.05) is 13.1 Å². The minimum Gasteiger partial charge on any atom is -0.338 e. The third-order valence-electron chi connectivity index (χ3n) is 3.77. The number of hydrogen-bond donors (Lipinski definition) is 1. The number of benzene rings is 1. The molecule has 0 spiro atoms. The third-order valence-corrected chi connectivity index (χ3v) is 4.38. The first-order chi connectivity index (χ1) is 9.02. The molecular weight excluding hydrogens is 311 g/mol. The number of amides is 1. The molecule has 2 unspecified atom stereocenters. The number of piperidine rings is 1. The van der Waals surface area contributed by atoms with Gasteiger partial charge in [0, 0.05) is 24.7 Å². The van der Waals surface area contributed by atoms with E-state index in [0.717, 1.165) is 12.8 Å². The Morgan fingerprint density at radius 2 is 2.32 bits per heavy atom. The SMILES string of the molecule is CCC1CN(C(=O)c2ccc(F)c(Br)c2)CCC1N. The number of nitrogens with zero attached hydrogens (tertiary/aromatic N) is 1. The van der Waals surface area contributed by atoms with E-state index >= 15 is 0 Å². The highest BCUT2D eigenvalue weighted by molar-refractivity contribution is 9.10. The lowest BCUT2D eigenvalue weighted by Crippen LogP contribution is -2.49. The number of carbonyl (C=O) groups is 1. The molecule has 0 aromatic heterocycles. The first kappa shape index (κ1) is 14.5. The molecule has 1 amide bonds. The highest BCUT2D eigenvalue weighted by Crippen LogP contribution is 2.22. The zero-order valence-electron chi connectivity index (χ0n) is 10.9. The van der Waals surface area contributed by atoms with Crippen LogP contribution in [0, 0.1) is 11.7 Å². The molecule has 0 saturated carbocycles. The summed E-state index contributed by atoms with van der Waals surface area (Å²) >= 11 is 3.11. The Balaban J connectivity index is 2.13. The number of halogens is 2. The van der Waals surface area contributed by atoms with E-state index in [1.165, 1.54) is 18.2 Å². The topological polar surface area (TPSA) is 46.3 Å². The summed E-state index contributed by atoms with van der Waals surface area (Å²) in [5, 5.41) is 0. The number of carbonyl (C=O) groups excluding carboxylic acids is 1. The van der Waals surface area contributed by atoms with Crippen LogP contribution in [0.5, 0.6) is 0 Å². The van der Waals surface area contributed by atoms with E-state index in [-0.39, 0.29) is 17.8 Å². The van der Waals surface area contributed by atoms with E-state index in [9.17, 15) is 9.18 Å². The first-order valence-corrected chi connectivity index (χ1v) is 7.32. The predicted octanol–water partition coefficient (Wildman–Crippen LogP) is 2.79. The Morgan fingerprint density at radius 3 is 2.95 bits per heavy atom. The van der Waals surface area contributed by atoms with E-state index in [4.69, 9.17) is 5.73 Å². The van der Waals surface area contributed by atoms with Crippen LogP contribution in [0.15, 0.2) is 22.7 Å². The zero-order valence-corrected chi connectivity index (χ0v) is 12.5. The van der Waals surface area contributed by atoms with Gasteiger partial charge >= 0.3 is 0 Å². The van der Waals surface area contributed by atoms with Crippen molar-refractivity contribution in [3.8, 4) is 0 Å². The maximum atomic E-state index is 13.2. The summed E-state index contributed by atoms with van der Waals surface area (Å²) in [6.45, 7) is 3.45. The lowest BCUT2D eigenvalue weighted by molar-refractivity contribution is 0.0649. The van der Waals surface area contributed by atoms with Crippen molar-refractivity contribution >= 4 is 21.8 Å². The molecule has 0 radical (unpaired) electrons. The van der Waals surface area contributed by atoms with Gasteiger partial charge in [0.15, 0.2) is 0 Å². The summed E-state index contributed by atoms with van der Waals surface area (Å²) < 4.78 is 13.5. The van der Waals surface area contributed by atoms with Crippen LogP contribution < -0.4 is 5.73 Å². The minimum absolute atomic E-state index is 0.0500. The molecule has 1 aliphatic rings. The average Bonchev–Trinajstić information content (AvgIpc) is 2.41. The summed E-state index contributed by atoms with van der Waals surface area (Å²) in [5.74, 6) is -0.0590. The molecule has 1 aromatic carbocycles. The van der Waals surface area contributed by atoms with E-state index in [0.29, 0.717) is 29.0 Å². The van der Waals surface area contributed by atoms with Crippen molar-refractivity contribution < 1.29 is 9.18 Å². The molecule has 3 nitrogen and oxygen atoms in total. The van der Waals surface area contributed by atoms with E-state index in [1.54, 1.807) is 0 Å². The van der Waals surface area contributed by atoms with Crippen LogP contribution in [0.4, 0.5) is 4.39 Å². The molecule has 1 heterocycles. The van der Waals surface area contributed by atoms with E-state index in [2.05, 4.69) is 22.9 Å². The van der Waals surface area contributed by atoms with Gasteiger partial charge in [-0.25, -0.2) is 4.39 Å². The average molecular weight is 329 g/mol. The Labute approximate surface area is 121 Å². The van der Waals surface area contributed by atoms with Crippen LogP contribution in [0.3, 0.4) is 0 Å². The molecular formula is C14H18BrFN2O. The Hall–Kier alpha value is -0.940. The molecule has 1 saturated heterocycles. The second-order valence-corrected chi connectivity index (χ2v) is 5.86. The zero-order chi connectivity index (χ0) is 14.0. The molecule has 5 heteroatoms.